The van der Waals surface area contributed by atoms with Gasteiger partial charge in [-0.25, -0.2) is 9.97 Å². The van der Waals surface area contributed by atoms with E-state index in [-0.39, 0.29) is 5.91 Å². The minimum atomic E-state index is 0.00137. The van der Waals surface area contributed by atoms with Crippen molar-refractivity contribution in [2.75, 3.05) is 26.8 Å². The van der Waals surface area contributed by atoms with Crippen LogP contribution in [0.15, 0.2) is 48.5 Å². The number of aromatic nitrogens is 2. The fourth-order valence-corrected chi connectivity index (χ4v) is 3.00. The standard InChI is InChI=1S/C21H23N3O2/c1-4-24(12-13-26-3)21(25)17-9-7-8-16(14-17)20-18-10-5-6-11-19(18)22-15(2)23-20/h5-11,14H,4,12-13H2,1-3H3. The molecule has 0 saturated heterocycles. The molecule has 0 saturated carbocycles. The SMILES string of the molecule is CCN(CCOC)C(=O)c1cccc(-c2nc(C)nc3ccccc23)c1. The van der Waals surface area contributed by atoms with Crippen LogP contribution in [0.5, 0.6) is 0 Å². The maximum absolute atomic E-state index is 12.8. The number of para-hydroxylation sites is 1. The Labute approximate surface area is 153 Å². The molecule has 0 atom stereocenters. The molecule has 0 aliphatic rings. The third-order valence-electron chi connectivity index (χ3n) is 4.33. The summed E-state index contributed by atoms with van der Waals surface area (Å²) in [6.07, 6.45) is 0. The van der Waals surface area contributed by atoms with Crippen LogP contribution in [-0.2, 0) is 4.74 Å². The Morgan fingerprint density at radius 1 is 1.12 bits per heavy atom. The van der Waals surface area contributed by atoms with Crippen molar-refractivity contribution >= 4 is 16.8 Å². The number of nitrogens with zero attached hydrogens (tertiary/aromatic N) is 3. The van der Waals surface area contributed by atoms with Crippen LogP contribution >= 0.6 is 0 Å². The minimum absolute atomic E-state index is 0.00137. The van der Waals surface area contributed by atoms with E-state index in [0.717, 1.165) is 22.2 Å². The number of carbonyl (C=O) groups excluding carboxylic acids is 1. The van der Waals surface area contributed by atoms with Gasteiger partial charge in [0.1, 0.15) is 5.82 Å². The average molecular weight is 349 g/mol. The highest BCUT2D eigenvalue weighted by Gasteiger charge is 2.16. The van der Waals surface area contributed by atoms with E-state index in [1.807, 2.05) is 62.4 Å². The molecule has 0 bridgehead atoms. The molecule has 3 rings (SSSR count). The normalized spacial score (nSPS) is 10.9. The molecule has 0 aliphatic heterocycles. The van der Waals surface area contributed by atoms with Gasteiger partial charge in [-0.15, -0.1) is 0 Å². The van der Waals surface area contributed by atoms with Gasteiger partial charge in [0, 0.05) is 36.7 Å². The van der Waals surface area contributed by atoms with Gasteiger partial charge in [0.2, 0.25) is 0 Å². The zero-order chi connectivity index (χ0) is 18.5. The summed E-state index contributed by atoms with van der Waals surface area (Å²) in [5.74, 6) is 0.715. The molecule has 2 aromatic carbocycles. The van der Waals surface area contributed by atoms with Crippen molar-refractivity contribution in [2.45, 2.75) is 13.8 Å². The lowest BCUT2D eigenvalue weighted by molar-refractivity contribution is 0.0706. The average Bonchev–Trinajstić information content (AvgIpc) is 2.67. The number of likely N-dealkylation sites (N-methyl/N-ethyl adjacent to an activating group) is 1. The van der Waals surface area contributed by atoms with Crippen molar-refractivity contribution in [1.29, 1.82) is 0 Å². The lowest BCUT2D eigenvalue weighted by atomic mass is 10.0. The van der Waals surface area contributed by atoms with Crippen molar-refractivity contribution in [3.8, 4) is 11.3 Å². The molecule has 134 valence electrons. The molecular weight excluding hydrogens is 326 g/mol. The van der Waals surface area contributed by atoms with E-state index in [1.165, 1.54) is 0 Å². The van der Waals surface area contributed by atoms with Crippen molar-refractivity contribution in [2.24, 2.45) is 0 Å². The molecule has 26 heavy (non-hydrogen) atoms. The van der Waals surface area contributed by atoms with Gasteiger partial charge in [0.25, 0.3) is 5.91 Å². The van der Waals surface area contributed by atoms with Gasteiger partial charge < -0.3 is 9.64 Å². The number of rotatable bonds is 6. The van der Waals surface area contributed by atoms with Gasteiger partial charge in [-0.3, -0.25) is 4.79 Å². The summed E-state index contributed by atoms with van der Waals surface area (Å²) >= 11 is 0. The number of ether oxygens (including phenoxy) is 1. The minimum Gasteiger partial charge on any atom is -0.383 e. The predicted molar refractivity (Wildman–Crippen MR) is 103 cm³/mol. The van der Waals surface area contributed by atoms with Crippen LogP contribution in [0.3, 0.4) is 0 Å². The summed E-state index contributed by atoms with van der Waals surface area (Å²) in [5, 5.41) is 0.981. The zero-order valence-corrected chi connectivity index (χ0v) is 15.4. The Morgan fingerprint density at radius 3 is 2.69 bits per heavy atom. The summed E-state index contributed by atoms with van der Waals surface area (Å²) < 4.78 is 5.10. The lowest BCUT2D eigenvalue weighted by Gasteiger charge is -2.20. The van der Waals surface area contributed by atoms with Crippen molar-refractivity contribution in [3.63, 3.8) is 0 Å². The van der Waals surface area contributed by atoms with E-state index >= 15 is 0 Å². The fourth-order valence-electron chi connectivity index (χ4n) is 3.00. The third kappa shape index (κ3) is 3.73. The summed E-state index contributed by atoms with van der Waals surface area (Å²) in [5.41, 5.74) is 3.32. The number of hydrogen-bond acceptors (Lipinski definition) is 4. The van der Waals surface area contributed by atoms with E-state index < -0.39 is 0 Å². The topological polar surface area (TPSA) is 55.3 Å². The second-order valence-electron chi connectivity index (χ2n) is 6.10. The number of fused-ring (bicyclic) bond motifs is 1. The zero-order valence-electron chi connectivity index (χ0n) is 15.4. The van der Waals surface area contributed by atoms with Crippen molar-refractivity contribution in [3.05, 3.63) is 59.9 Å². The molecule has 3 aromatic rings. The Morgan fingerprint density at radius 2 is 1.92 bits per heavy atom. The molecule has 0 radical (unpaired) electrons. The highest BCUT2D eigenvalue weighted by molar-refractivity contribution is 5.97. The Bertz CT molecular complexity index is 924. The smallest absolute Gasteiger partial charge is 0.253 e. The van der Waals surface area contributed by atoms with Crippen molar-refractivity contribution < 1.29 is 9.53 Å². The maximum atomic E-state index is 12.8. The highest BCUT2D eigenvalue weighted by atomic mass is 16.5. The van der Waals surface area contributed by atoms with E-state index in [4.69, 9.17) is 4.74 Å². The number of aryl methyl sites for hydroxylation is 1. The third-order valence-corrected chi connectivity index (χ3v) is 4.33. The quantitative estimate of drug-likeness (QED) is 0.681. The lowest BCUT2D eigenvalue weighted by Crippen LogP contribution is -2.33. The van der Waals surface area contributed by atoms with E-state index in [2.05, 4.69) is 9.97 Å². The van der Waals surface area contributed by atoms with Gasteiger partial charge in [-0.2, -0.15) is 0 Å². The maximum Gasteiger partial charge on any atom is 0.253 e. The molecule has 0 spiro atoms. The fraction of sp³-hybridized carbons (Fsp3) is 0.286. The van der Waals surface area contributed by atoms with Crippen LogP contribution in [0, 0.1) is 6.92 Å². The van der Waals surface area contributed by atoms with Gasteiger partial charge in [0.05, 0.1) is 17.8 Å². The highest BCUT2D eigenvalue weighted by Crippen LogP contribution is 2.27. The number of benzene rings is 2. The van der Waals surface area contributed by atoms with Crippen LogP contribution in [0.1, 0.15) is 23.1 Å². The molecule has 1 aromatic heterocycles. The van der Waals surface area contributed by atoms with E-state index in [0.29, 0.717) is 31.1 Å². The summed E-state index contributed by atoms with van der Waals surface area (Å²) in [6.45, 7) is 5.59. The first-order valence-electron chi connectivity index (χ1n) is 8.76. The predicted octanol–water partition coefficient (Wildman–Crippen LogP) is 3.71. The summed E-state index contributed by atoms with van der Waals surface area (Å²) in [7, 11) is 1.64. The number of carbonyl (C=O) groups is 1. The molecule has 5 heteroatoms. The molecular formula is C21H23N3O2. The van der Waals surface area contributed by atoms with Crippen LogP contribution in [-0.4, -0.2) is 47.6 Å². The van der Waals surface area contributed by atoms with Gasteiger partial charge in [-0.1, -0.05) is 30.3 Å². The first kappa shape index (κ1) is 18.0. The molecule has 5 nitrogen and oxygen atoms in total. The largest absolute Gasteiger partial charge is 0.383 e. The van der Waals surface area contributed by atoms with Crippen LogP contribution in [0.4, 0.5) is 0 Å². The van der Waals surface area contributed by atoms with Gasteiger partial charge >= 0.3 is 0 Å². The van der Waals surface area contributed by atoms with Crippen LogP contribution in [0.2, 0.25) is 0 Å². The van der Waals surface area contributed by atoms with Crippen LogP contribution in [0.25, 0.3) is 22.2 Å². The number of methoxy groups -OCH3 is 1. The summed E-state index contributed by atoms with van der Waals surface area (Å²) in [6, 6.07) is 15.6. The molecule has 1 amide bonds. The Hall–Kier alpha value is -2.79. The second-order valence-corrected chi connectivity index (χ2v) is 6.10. The Balaban J connectivity index is 2.01. The molecule has 0 unspecified atom stereocenters. The van der Waals surface area contributed by atoms with Gasteiger partial charge in [-0.05, 0) is 32.0 Å². The molecule has 0 fully saturated rings. The number of amides is 1. The second kappa shape index (κ2) is 8.06. The monoisotopic (exact) mass is 349 g/mol. The number of hydrogen-bond donors (Lipinski definition) is 0. The molecule has 1 heterocycles. The first-order chi connectivity index (χ1) is 12.6. The summed E-state index contributed by atoms with van der Waals surface area (Å²) in [4.78, 5) is 23.7. The first-order valence-corrected chi connectivity index (χ1v) is 8.76. The Kier molecular flexibility index (Phi) is 5.58. The van der Waals surface area contributed by atoms with Crippen LogP contribution < -0.4 is 0 Å². The van der Waals surface area contributed by atoms with E-state index in [9.17, 15) is 4.79 Å². The van der Waals surface area contributed by atoms with Crippen molar-refractivity contribution in [1.82, 2.24) is 14.9 Å². The molecule has 0 aliphatic carbocycles. The van der Waals surface area contributed by atoms with Gasteiger partial charge in [0.15, 0.2) is 0 Å². The molecule has 0 N–H and O–H groups in total. The van der Waals surface area contributed by atoms with E-state index in [1.54, 1.807) is 12.0 Å².